The van der Waals surface area contributed by atoms with Gasteiger partial charge in [0.1, 0.15) is 5.70 Å². The Hall–Kier alpha value is -3.47. The van der Waals surface area contributed by atoms with Crippen molar-refractivity contribution in [3.8, 4) is 0 Å². The number of nitrogens with zero attached hydrogens (tertiary/aromatic N) is 1. The Bertz CT molecular complexity index is 834. The minimum atomic E-state index is -0.473. The molecular formula is C21H21N3O2. The van der Waals surface area contributed by atoms with Gasteiger partial charge in [-0.2, -0.15) is 5.10 Å². The molecule has 0 saturated carbocycles. The zero-order chi connectivity index (χ0) is 18.8. The van der Waals surface area contributed by atoms with Crippen LogP contribution in [0.1, 0.15) is 29.8 Å². The summed E-state index contributed by atoms with van der Waals surface area (Å²) in [6.45, 7) is 3.50. The molecular weight excluding hydrogens is 326 g/mol. The lowest BCUT2D eigenvalue weighted by Crippen LogP contribution is -2.33. The molecule has 0 aliphatic carbocycles. The van der Waals surface area contributed by atoms with Crippen LogP contribution in [0.5, 0.6) is 0 Å². The average molecular weight is 347 g/mol. The predicted octanol–water partition coefficient (Wildman–Crippen LogP) is 3.53. The first-order chi connectivity index (χ1) is 12.6. The highest BCUT2D eigenvalue weighted by molar-refractivity contribution is 6.03. The summed E-state index contributed by atoms with van der Waals surface area (Å²) in [5.41, 5.74) is 4.79. The molecule has 0 radical (unpaired) electrons. The average Bonchev–Trinajstić information content (AvgIpc) is 2.66. The van der Waals surface area contributed by atoms with E-state index in [2.05, 4.69) is 15.8 Å². The molecule has 0 spiro atoms. The fraction of sp³-hybridized carbons (Fsp3) is 0.0952. The number of nitrogens with one attached hydrogen (secondary N) is 2. The smallest absolute Gasteiger partial charge is 0.287 e. The van der Waals surface area contributed by atoms with Gasteiger partial charge in [-0.25, -0.2) is 5.43 Å². The van der Waals surface area contributed by atoms with Gasteiger partial charge in [0.15, 0.2) is 0 Å². The number of hydrazone groups is 1. The van der Waals surface area contributed by atoms with Gasteiger partial charge < -0.3 is 5.32 Å². The van der Waals surface area contributed by atoms with E-state index in [9.17, 15) is 9.59 Å². The predicted molar refractivity (Wildman–Crippen MR) is 104 cm³/mol. The molecule has 2 amide bonds. The van der Waals surface area contributed by atoms with Gasteiger partial charge >= 0.3 is 0 Å². The van der Waals surface area contributed by atoms with Crippen LogP contribution in [-0.2, 0) is 4.79 Å². The second-order valence-corrected chi connectivity index (χ2v) is 5.68. The van der Waals surface area contributed by atoms with E-state index in [4.69, 9.17) is 0 Å². The topological polar surface area (TPSA) is 70.6 Å². The normalized spacial score (nSPS) is 10.7. The quantitative estimate of drug-likeness (QED) is 0.477. The summed E-state index contributed by atoms with van der Waals surface area (Å²) in [6.07, 6.45) is 5.07. The Morgan fingerprint density at radius 2 is 1.54 bits per heavy atom. The highest BCUT2D eigenvalue weighted by Gasteiger charge is 2.15. The highest BCUT2D eigenvalue weighted by Crippen LogP contribution is 2.04. The number of allylic oxidation sites excluding steroid dienone is 2. The SMILES string of the molecule is CC(C)=C(NC(=O)c1ccccc1)C(=O)NN=CC=Cc1ccccc1. The number of rotatable bonds is 6. The molecule has 0 heterocycles. The van der Waals surface area contributed by atoms with Crippen molar-refractivity contribution in [1.29, 1.82) is 0 Å². The number of hydrogen-bond donors (Lipinski definition) is 2. The zero-order valence-corrected chi connectivity index (χ0v) is 14.8. The maximum Gasteiger partial charge on any atom is 0.287 e. The van der Waals surface area contributed by atoms with Crippen LogP contribution in [0.4, 0.5) is 0 Å². The summed E-state index contributed by atoms with van der Waals surface area (Å²) in [6, 6.07) is 18.5. The minimum Gasteiger partial charge on any atom is -0.317 e. The van der Waals surface area contributed by atoms with Crippen molar-refractivity contribution in [2.75, 3.05) is 0 Å². The van der Waals surface area contributed by atoms with Crippen LogP contribution in [0.15, 0.2) is 83.1 Å². The molecule has 26 heavy (non-hydrogen) atoms. The van der Waals surface area contributed by atoms with E-state index in [0.717, 1.165) is 5.56 Å². The van der Waals surface area contributed by atoms with Gasteiger partial charge in [-0.3, -0.25) is 9.59 Å². The summed E-state index contributed by atoms with van der Waals surface area (Å²) in [5, 5.41) is 6.51. The van der Waals surface area contributed by atoms with Crippen LogP contribution in [0, 0.1) is 0 Å². The Balaban J connectivity index is 1.94. The third-order valence-electron chi connectivity index (χ3n) is 3.42. The van der Waals surface area contributed by atoms with Gasteiger partial charge in [0.25, 0.3) is 11.8 Å². The van der Waals surface area contributed by atoms with Crippen molar-refractivity contribution in [3.63, 3.8) is 0 Å². The van der Waals surface area contributed by atoms with E-state index in [1.54, 1.807) is 44.2 Å². The molecule has 0 fully saturated rings. The van der Waals surface area contributed by atoms with Crippen molar-refractivity contribution < 1.29 is 9.59 Å². The zero-order valence-electron chi connectivity index (χ0n) is 14.8. The van der Waals surface area contributed by atoms with Crippen LogP contribution in [0.3, 0.4) is 0 Å². The largest absolute Gasteiger partial charge is 0.317 e. The molecule has 0 aromatic heterocycles. The molecule has 0 bridgehead atoms. The minimum absolute atomic E-state index is 0.183. The number of carbonyl (C=O) groups is 2. The molecule has 132 valence electrons. The number of hydrogen-bond acceptors (Lipinski definition) is 3. The first-order valence-electron chi connectivity index (χ1n) is 8.17. The Kier molecular flexibility index (Phi) is 7.06. The van der Waals surface area contributed by atoms with Crippen molar-refractivity contribution in [1.82, 2.24) is 10.7 Å². The molecule has 5 heteroatoms. The third-order valence-corrected chi connectivity index (χ3v) is 3.42. The first kappa shape index (κ1) is 18.9. The van der Waals surface area contributed by atoms with Crippen molar-refractivity contribution in [2.24, 2.45) is 5.10 Å². The molecule has 0 atom stereocenters. The molecule has 2 N–H and O–H groups in total. The molecule has 0 aliphatic rings. The second kappa shape index (κ2) is 9.74. The Morgan fingerprint density at radius 3 is 2.15 bits per heavy atom. The van der Waals surface area contributed by atoms with E-state index in [-0.39, 0.29) is 11.6 Å². The molecule has 0 unspecified atom stereocenters. The molecule has 0 aliphatic heterocycles. The molecule has 2 aromatic carbocycles. The van der Waals surface area contributed by atoms with E-state index in [0.29, 0.717) is 11.1 Å². The Morgan fingerprint density at radius 1 is 0.923 bits per heavy atom. The van der Waals surface area contributed by atoms with Gasteiger partial charge in [-0.1, -0.05) is 54.6 Å². The third kappa shape index (κ3) is 5.87. The summed E-state index contributed by atoms with van der Waals surface area (Å²) in [4.78, 5) is 24.5. The van der Waals surface area contributed by atoms with Gasteiger partial charge in [-0.15, -0.1) is 0 Å². The molecule has 0 saturated heterocycles. The maximum absolute atomic E-state index is 12.3. The van der Waals surface area contributed by atoms with Gasteiger partial charge in [0, 0.05) is 11.8 Å². The lowest BCUT2D eigenvalue weighted by atomic mass is 10.2. The van der Waals surface area contributed by atoms with Crippen LogP contribution in [0.2, 0.25) is 0 Å². The van der Waals surface area contributed by atoms with Crippen molar-refractivity contribution >= 4 is 24.1 Å². The molecule has 5 nitrogen and oxygen atoms in total. The van der Waals surface area contributed by atoms with Crippen molar-refractivity contribution in [2.45, 2.75) is 13.8 Å². The number of carbonyl (C=O) groups excluding carboxylic acids is 2. The fourth-order valence-corrected chi connectivity index (χ4v) is 2.10. The summed E-state index contributed by atoms with van der Waals surface area (Å²) in [5.74, 6) is -0.816. The number of amides is 2. The maximum atomic E-state index is 12.3. The van der Waals surface area contributed by atoms with E-state index < -0.39 is 5.91 Å². The molecule has 2 aromatic rings. The van der Waals surface area contributed by atoms with Crippen LogP contribution in [-0.4, -0.2) is 18.0 Å². The fourth-order valence-electron chi connectivity index (χ4n) is 2.10. The number of benzene rings is 2. The van der Waals surface area contributed by atoms with Gasteiger partial charge in [0.2, 0.25) is 0 Å². The van der Waals surface area contributed by atoms with Crippen LogP contribution < -0.4 is 10.7 Å². The summed E-state index contributed by atoms with van der Waals surface area (Å²) >= 11 is 0. The van der Waals surface area contributed by atoms with Gasteiger partial charge in [0.05, 0.1) is 0 Å². The van der Waals surface area contributed by atoms with E-state index >= 15 is 0 Å². The van der Waals surface area contributed by atoms with Crippen molar-refractivity contribution in [3.05, 3.63) is 89.1 Å². The van der Waals surface area contributed by atoms with E-state index in [1.807, 2.05) is 42.5 Å². The Labute approximate surface area is 153 Å². The highest BCUT2D eigenvalue weighted by atomic mass is 16.2. The van der Waals surface area contributed by atoms with Gasteiger partial charge in [-0.05, 0) is 43.2 Å². The van der Waals surface area contributed by atoms with E-state index in [1.165, 1.54) is 6.21 Å². The lowest BCUT2D eigenvalue weighted by Gasteiger charge is -2.10. The second-order valence-electron chi connectivity index (χ2n) is 5.68. The monoisotopic (exact) mass is 347 g/mol. The molecule has 2 rings (SSSR count). The summed E-state index contributed by atoms with van der Waals surface area (Å²) < 4.78 is 0. The van der Waals surface area contributed by atoms with Crippen LogP contribution >= 0.6 is 0 Å². The van der Waals surface area contributed by atoms with Crippen LogP contribution in [0.25, 0.3) is 6.08 Å². The lowest BCUT2D eigenvalue weighted by molar-refractivity contribution is -0.117. The standard InChI is InChI=1S/C21H21N3O2/c1-16(2)19(23-20(25)18-13-7-4-8-14-18)21(26)24-22-15-9-12-17-10-5-3-6-11-17/h3-15H,1-2H3,(H,23,25)(H,24,26). The first-order valence-corrected chi connectivity index (χ1v) is 8.17. The summed E-state index contributed by atoms with van der Waals surface area (Å²) in [7, 11) is 0.